The lowest BCUT2D eigenvalue weighted by Gasteiger charge is -2.33. The van der Waals surface area contributed by atoms with Gasteiger partial charge in [-0.1, -0.05) is 121 Å². The van der Waals surface area contributed by atoms with Crippen molar-refractivity contribution in [2.24, 2.45) is 0 Å². The topological polar surface area (TPSA) is 60.7 Å². The SMILES string of the molecule is CC(C)(CCO)c1ccc(CCC(C)(c2ccc(C(C)(C)CCO)cc2)c2ccc(C(C)(C)CCO)cc2)cc1. The number of aliphatic hydroxyl groups excluding tert-OH is 3. The molecule has 0 unspecified atom stereocenters. The summed E-state index contributed by atoms with van der Waals surface area (Å²) in [4.78, 5) is 0. The number of aryl methyl sites for hydroxylation is 1. The highest BCUT2D eigenvalue weighted by molar-refractivity contribution is 5.43. The van der Waals surface area contributed by atoms with Crippen LogP contribution in [-0.4, -0.2) is 35.1 Å². The van der Waals surface area contributed by atoms with E-state index < -0.39 is 0 Å². The molecule has 0 fully saturated rings. The van der Waals surface area contributed by atoms with Crippen molar-refractivity contribution in [2.45, 2.75) is 102 Å². The molecule has 40 heavy (non-hydrogen) atoms. The summed E-state index contributed by atoms with van der Waals surface area (Å²) in [5.74, 6) is 0. The summed E-state index contributed by atoms with van der Waals surface area (Å²) >= 11 is 0. The molecule has 0 aromatic heterocycles. The molecular formula is C37H52O3. The predicted molar refractivity (Wildman–Crippen MR) is 168 cm³/mol. The van der Waals surface area contributed by atoms with Gasteiger partial charge in [0.2, 0.25) is 0 Å². The Morgan fingerprint density at radius 3 is 0.975 bits per heavy atom. The van der Waals surface area contributed by atoms with Crippen LogP contribution in [0.4, 0.5) is 0 Å². The van der Waals surface area contributed by atoms with E-state index >= 15 is 0 Å². The van der Waals surface area contributed by atoms with Gasteiger partial charge < -0.3 is 15.3 Å². The van der Waals surface area contributed by atoms with E-state index in [4.69, 9.17) is 0 Å². The second-order valence-electron chi connectivity index (χ2n) is 13.8. The Hall–Kier alpha value is -2.46. The molecule has 3 N–H and O–H groups in total. The largest absolute Gasteiger partial charge is 0.396 e. The van der Waals surface area contributed by atoms with Gasteiger partial charge in [0.25, 0.3) is 0 Å². The summed E-state index contributed by atoms with van der Waals surface area (Å²) < 4.78 is 0. The maximum atomic E-state index is 9.55. The van der Waals surface area contributed by atoms with E-state index in [1.165, 1.54) is 33.4 Å². The van der Waals surface area contributed by atoms with E-state index in [1.807, 2.05) is 0 Å². The summed E-state index contributed by atoms with van der Waals surface area (Å²) in [5, 5.41) is 28.6. The third-order valence-electron chi connectivity index (χ3n) is 9.47. The van der Waals surface area contributed by atoms with E-state index in [0.29, 0.717) is 0 Å². The smallest absolute Gasteiger partial charge is 0.0439 e. The highest BCUT2D eigenvalue weighted by Gasteiger charge is 2.31. The average Bonchev–Trinajstić information content (AvgIpc) is 2.92. The molecule has 0 spiro atoms. The van der Waals surface area contributed by atoms with Crippen molar-refractivity contribution >= 4 is 0 Å². The van der Waals surface area contributed by atoms with E-state index in [9.17, 15) is 15.3 Å². The van der Waals surface area contributed by atoms with Gasteiger partial charge >= 0.3 is 0 Å². The summed E-state index contributed by atoms with van der Waals surface area (Å²) in [5.41, 5.74) is 7.27. The van der Waals surface area contributed by atoms with Crippen molar-refractivity contribution in [3.63, 3.8) is 0 Å². The molecule has 0 atom stereocenters. The van der Waals surface area contributed by atoms with Crippen LogP contribution < -0.4 is 0 Å². The lowest BCUT2D eigenvalue weighted by Crippen LogP contribution is -2.26. The maximum absolute atomic E-state index is 9.55. The van der Waals surface area contributed by atoms with Crippen LogP contribution in [0, 0.1) is 0 Å². The Balaban J connectivity index is 1.95. The minimum atomic E-state index is -0.186. The summed E-state index contributed by atoms with van der Waals surface area (Å²) in [6, 6.07) is 27.0. The van der Waals surface area contributed by atoms with Gasteiger partial charge in [-0.05, 0) is 81.7 Å². The molecule has 0 amide bonds. The quantitative estimate of drug-likeness (QED) is 0.196. The minimum Gasteiger partial charge on any atom is -0.396 e. The van der Waals surface area contributed by atoms with Crippen LogP contribution in [0.2, 0.25) is 0 Å². The molecule has 3 rings (SSSR count). The zero-order valence-corrected chi connectivity index (χ0v) is 25.9. The lowest BCUT2D eigenvalue weighted by molar-refractivity contribution is 0.252. The monoisotopic (exact) mass is 544 g/mol. The molecule has 0 aliphatic heterocycles. The van der Waals surface area contributed by atoms with Gasteiger partial charge in [0.1, 0.15) is 0 Å². The summed E-state index contributed by atoms with van der Waals surface area (Å²) in [6.07, 6.45) is 4.14. The third-order valence-corrected chi connectivity index (χ3v) is 9.47. The Labute approximate surface area is 243 Å². The Kier molecular flexibility index (Phi) is 10.4. The first-order valence-corrected chi connectivity index (χ1v) is 14.9. The molecule has 0 radical (unpaired) electrons. The maximum Gasteiger partial charge on any atom is 0.0439 e. The molecule has 218 valence electrons. The van der Waals surface area contributed by atoms with E-state index in [-0.39, 0.29) is 41.5 Å². The minimum absolute atomic E-state index is 0.0428. The van der Waals surface area contributed by atoms with Gasteiger partial charge in [0.15, 0.2) is 0 Å². The first-order chi connectivity index (χ1) is 18.8. The standard InChI is InChI=1S/C37H52O3/c1-34(2,22-25-38)29-10-8-28(9-11-29)20-21-37(7,32-16-12-30(13-17-32)35(3,4)23-26-39)33-18-14-31(15-19-33)36(5,6)24-27-40/h8-19,38-40H,20-27H2,1-7H3. The number of hydrogen-bond donors (Lipinski definition) is 3. The van der Waals surface area contributed by atoms with Gasteiger partial charge in [-0.3, -0.25) is 0 Å². The van der Waals surface area contributed by atoms with E-state index in [1.54, 1.807) is 0 Å². The van der Waals surface area contributed by atoms with Crippen LogP contribution >= 0.6 is 0 Å². The second-order valence-corrected chi connectivity index (χ2v) is 13.8. The van der Waals surface area contributed by atoms with Crippen molar-refractivity contribution in [1.29, 1.82) is 0 Å². The highest BCUT2D eigenvalue weighted by Crippen LogP contribution is 2.39. The number of benzene rings is 3. The van der Waals surface area contributed by atoms with Gasteiger partial charge in [0.05, 0.1) is 0 Å². The van der Waals surface area contributed by atoms with Crippen LogP contribution in [0.5, 0.6) is 0 Å². The first-order valence-electron chi connectivity index (χ1n) is 14.9. The molecule has 0 bridgehead atoms. The highest BCUT2D eigenvalue weighted by atomic mass is 16.3. The van der Waals surface area contributed by atoms with Crippen LogP contribution in [0.3, 0.4) is 0 Å². The van der Waals surface area contributed by atoms with Gasteiger partial charge in [-0.2, -0.15) is 0 Å². The van der Waals surface area contributed by atoms with Crippen LogP contribution in [0.15, 0.2) is 72.8 Å². The van der Waals surface area contributed by atoms with E-state index in [2.05, 4.69) is 121 Å². The molecule has 3 heteroatoms. The second kappa shape index (κ2) is 13.0. The fourth-order valence-corrected chi connectivity index (χ4v) is 5.82. The van der Waals surface area contributed by atoms with E-state index in [0.717, 1.165) is 32.1 Å². The average molecular weight is 545 g/mol. The van der Waals surface area contributed by atoms with Crippen molar-refractivity contribution in [2.75, 3.05) is 19.8 Å². The number of hydrogen-bond acceptors (Lipinski definition) is 3. The third kappa shape index (κ3) is 7.43. The molecule has 0 aliphatic rings. The Morgan fingerprint density at radius 1 is 0.400 bits per heavy atom. The molecule has 3 aromatic rings. The molecule has 0 heterocycles. The Morgan fingerprint density at radius 2 is 0.675 bits per heavy atom. The zero-order chi connectivity index (χ0) is 29.6. The van der Waals surface area contributed by atoms with Gasteiger partial charge in [-0.15, -0.1) is 0 Å². The number of rotatable bonds is 14. The lowest BCUT2D eigenvalue weighted by atomic mass is 9.70. The summed E-state index contributed by atoms with van der Waals surface area (Å²) in [6.45, 7) is 16.0. The molecule has 3 aromatic carbocycles. The van der Waals surface area contributed by atoms with Crippen LogP contribution in [0.25, 0.3) is 0 Å². The van der Waals surface area contributed by atoms with Crippen LogP contribution in [-0.2, 0) is 28.1 Å². The Bertz CT molecular complexity index is 1120. The predicted octanol–water partition coefficient (Wildman–Crippen LogP) is 7.61. The molecular weight excluding hydrogens is 492 g/mol. The van der Waals surface area contributed by atoms with Gasteiger partial charge in [-0.25, -0.2) is 0 Å². The van der Waals surface area contributed by atoms with Crippen molar-refractivity contribution in [1.82, 2.24) is 0 Å². The number of aliphatic hydroxyl groups is 3. The first kappa shape index (κ1) is 32.1. The van der Waals surface area contributed by atoms with Crippen molar-refractivity contribution in [3.8, 4) is 0 Å². The zero-order valence-electron chi connectivity index (χ0n) is 25.9. The summed E-state index contributed by atoms with van der Waals surface area (Å²) in [7, 11) is 0. The van der Waals surface area contributed by atoms with Crippen LogP contribution in [0.1, 0.15) is 108 Å². The molecule has 3 nitrogen and oxygen atoms in total. The molecule has 0 saturated heterocycles. The molecule has 0 aliphatic carbocycles. The normalized spacial score (nSPS) is 13.1. The van der Waals surface area contributed by atoms with Gasteiger partial charge in [0, 0.05) is 25.2 Å². The van der Waals surface area contributed by atoms with Crippen molar-refractivity contribution in [3.05, 3.63) is 106 Å². The van der Waals surface area contributed by atoms with Crippen molar-refractivity contribution < 1.29 is 15.3 Å². The fraction of sp³-hybridized carbons (Fsp3) is 0.514. The fourth-order valence-electron chi connectivity index (χ4n) is 5.82. The molecule has 0 saturated carbocycles.